The molecule has 2 atom stereocenters. The summed E-state index contributed by atoms with van der Waals surface area (Å²) in [6, 6.07) is 3.76. The second kappa shape index (κ2) is 4.47. The number of hydrogen-bond acceptors (Lipinski definition) is 2. The molecule has 1 saturated carbocycles. The van der Waals surface area contributed by atoms with E-state index in [2.05, 4.69) is 11.9 Å². The first kappa shape index (κ1) is 11.8. The molecule has 96 valence electrons. The van der Waals surface area contributed by atoms with E-state index in [-0.39, 0.29) is 0 Å². The molecule has 0 saturated heterocycles. The highest BCUT2D eigenvalue weighted by Crippen LogP contribution is 2.38. The molecule has 1 fully saturated rings. The van der Waals surface area contributed by atoms with Gasteiger partial charge in [-0.1, -0.05) is 31.4 Å². The van der Waals surface area contributed by atoms with Crippen LogP contribution in [0.1, 0.15) is 44.2 Å². The number of halogens is 1. The third-order valence-electron chi connectivity index (χ3n) is 3.99. The van der Waals surface area contributed by atoms with E-state index in [0.29, 0.717) is 10.9 Å². The Bertz CT molecular complexity index is 576. The molecule has 0 spiro atoms. The maximum absolute atomic E-state index is 6.23. The van der Waals surface area contributed by atoms with Crippen LogP contribution in [0.15, 0.2) is 18.3 Å². The Kier molecular flexibility index (Phi) is 2.94. The second-order valence-corrected chi connectivity index (χ2v) is 5.81. The van der Waals surface area contributed by atoms with Crippen LogP contribution in [0.5, 0.6) is 0 Å². The highest BCUT2D eigenvalue weighted by molar-refractivity contribution is 6.33. The van der Waals surface area contributed by atoms with Gasteiger partial charge in [0.2, 0.25) is 0 Å². The van der Waals surface area contributed by atoms with Gasteiger partial charge < -0.3 is 5.73 Å². The van der Waals surface area contributed by atoms with Crippen LogP contribution < -0.4 is 5.73 Å². The normalized spacial score (nSPS) is 24.6. The predicted octanol–water partition coefficient (Wildman–Crippen LogP) is 3.86. The summed E-state index contributed by atoms with van der Waals surface area (Å²) >= 11 is 6.17. The van der Waals surface area contributed by atoms with E-state index in [1.807, 2.05) is 22.7 Å². The molecule has 2 heterocycles. The first-order chi connectivity index (χ1) is 8.66. The molecule has 0 aliphatic heterocycles. The van der Waals surface area contributed by atoms with Crippen molar-refractivity contribution < 1.29 is 0 Å². The fourth-order valence-corrected chi connectivity index (χ4v) is 3.26. The summed E-state index contributed by atoms with van der Waals surface area (Å²) in [5.41, 5.74) is 8.04. The standard InChI is InChI=1S/C14H18ClN3/c1-9-4-2-5-10(8-9)12-13(16)18-7-3-6-11(15)14(18)17-12/h3,6-7,9-10H,2,4-5,8,16H2,1H3. The Morgan fingerprint density at radius 2 is 2.28 bits per heavy atom. The number of nitrogens with two attached hydrogens (primary N) is 1. The number of hydrogen-bond donors (Lipinski definition) is 1. The van der Waals surface area contributed by atoms with E-state index in [1.54, 1.807) is 0 Å². The van der Waals surface area contributed by atoms with E-state index < -0.39 is 0 Å². The van der Waals surface area contributed by atoms with Crippen molar-refractivity contribution in [2.24, 2.45) is 5.92 Å². The van der Waals surface area contributed by atoms with Gasteiger partial charge in [0.05, 0.1) is 10.7 Å². The lowest BCUT2D eigenvalue weighted by atomic mass is 9.81. The third kappa shape index (κ3) is 1.87. The van der Waals surface area contributed by atoms with Gasteiger partial charge in [-0.3, -0.25) is 4.40 Å². The average Bonchev–Trinajstić information content (AvgIpc) is 2.69. The molecule has 1 aliphatic rings. The third-order valence-corrected chi connectivity index (χ3v) is 4.29. The molecule has 0 radical (unpaired) electrons. The molecule has 4 heteroatoms. The minimum Gasteiger partial charge on any atom is -0.383 e. The number of nitrogen functional groups attached to an aromatic ring is 1. The van der Waals surface area contributed by atoms with Crippen LogP contribution in [0.4, 0.5) is 5.82 Å². The van der Waals surface area contributed by atoms with Gasteiger partial charge in [-0.15, -0.1) is 0 Å². The lowest BCUT2D eigenvalue weighted by molar-refractivity contribution is 0.341. The fourth-order valence-electron chi connectivity index (χ4n) is 3.05. The molecule has 1 aliphatic carbocycles. The van der Waals surface area contributed by atoms with Crippen LogP contribution in [0, 0.1) is 5.92 Å². The first-order valence-electron chi connectivity index (χ1n) is 6.58. The van der Waals surface area contributed by atoms with E-state index in [9.17, 15) is 0 Å². The van der Waals surface area contributed by atoms with Crippen molar-refractivity contribution in [1.29, 1.82) is 0 Å². The van der Waals surface area contributed by atoms with E-state index in [1.165, 1.54) is 25.7 Å². The first-order valence-corrected chi connectivity index (χ1v) is 6.96. The lowest BCUT2D eigenvalue weighted by Gasteiger charge is -2.25. The largest absolute Gasteiger partial charge is 0.383 e. The zero-order chi connectivity index (χ0) is 12.7. The molecule has 2 aromatic rings. The fraction of sp³-hybridized carbons (Fsp3) is 0.500. The maximum atomic E-state index is 6.23. The van der Waals surface area contributed by atoms with Crippen LogP contribution in [0.25, 0.3) is 5.65 Å². The zero-order valence-electron chi connectivity index (χ0n) is 10.6. The van der Waals surface area contributed by atoms with Gasteiger partial charge in [0.15, 0.2) is 5.65 Å². The topological polar surface area (TPSA) is 43.3 Å². The molecule has 18 heavy (non-hydrogen) atoms. The van der Waals surface area contributed by atoms with Crippen LogP contribution in [-0.2, 0) is 0 Å². The van der Waals surface area contributed by atoms with E-state index >= 15 is 0 Å². The molecule has 2 unspecified atom stereocenters. The summed E-state index contributed by atoms with van der Waals surface area (Å²) < 4.78 is 1.90. The Labute approximate surface area is 112 Å². The number of rotatable bonds is 1. The van der Waals surface area contributed by atoms with Crippen molar-refractivity contribution in [2.45, 2.75) is 38.5 Å². The molecule has 0 aromatic carbocycles. The van der Waals surface area contributed by atoms with Crippen molar-refractivity contribution in [3.8, 4) is 0 Å². The average molecular weight is 264 g/mol. The number of fused-ring (bicyclic) bond motifs is 1. The minimum absolute atomic E-state index is 0.490. The molecule has 0 bridgehead atoms. The van der Waals surface area contributed by atoms with Crippen LogP contribution in [0.3, 0.4) is 0 Å². The molecule has 3 rings (SSSR count). The van der Waals surface area contributed by atoms with Gasteiger partial charge in [0.1, 0.15) is 5.82 Å². The van der Waals surface area contributed by atoms with Gasteiger partial charge in [-0.05, 0) is 30.9 Å². The Hall–Kier alpha value is -1.22. The molecule has 3 nitrogen and oxygen atoms in total. The summed E-state index contributed by atoms with van der Waals surface area (Å²) in [5.74, 6) is 2.01. The Morgan fingerprint density at radius 1 is 1.44 bits per heavy atom. The van der Waals surface area contributed by atoms with Crippen LogP contribution in [-0.4, -0.2) is 9.38 Å². The number of imidazole rings is 1. The highest BCUT2D eigenvalue weighted by atomic mass is 35.5. The monoisotopic (exact) mass is 263 g/mol. The number of nitrogens with zero attached hydrogens (tertiary/aromatic N) is 2. The molecule has 0 amide bonds. The SMILES string of the molecule is CC1CCCC(c2nc3c(Cl)cccn3c2N)C1. The molecule has 2 aromatic heterocycles. The Morgan fingerprint density at radius 3 is 3.00 bits per heavy atom. The molecular weight excluding hydrogens is 246 g/mol. The van der Waals surface area contributed by atoms with E-state index in [0.717, 1.165) is 23.1 Å². The van der Waals surface area contributed by atoms with Crippen LogP contribution in [0.2, 0.25) is 5.02 Å². The van der Waals surface area contributed by atoms with Gasteiger partial charge in [0, 0.05) is 12.1 Å². The van der Waals surface area contributed by atoms with Crippen molar-refractivity contribution in [2.75, 3.05) is 5.73 Å². The van der Waals surface area contributed by atoms with Gasteiger partial charge in [-0.2, -0.15) is 0 Å². The minimum atomic E-state index is 0.490. The van der Waals surface area contributed by atoms with Crippen LogP contribution >= 0.6 is 11.6 Å². The van der Waals surface area contributed by atoms with Gasteiger partial charge >= 0.3 is 0 Å². The summed E-state index contributed by atoms with van der Waals surface area (Å²) in [5, 5.41) is 0.666. The number of aromatic nitrogens is 2. The maximum Gasteiger partial charge on any atom is 0.157 e. The quantitative estimate of drug-likeness (QED) is 0.849. The highest BCUT2D eigenvalue weighted by Gasteiger charge is 2.25. The molecular formula is C14H18ClN3. The van der Waals surface area contributed by atoms with Crippen molar-refractivity contribution in [3.63, 3.8) is 0 Å². The molecule has 2 N–H and O–H groups in total. The summed E-state index contributed by atoms with van der Waals surface area (Å²) in [6.45, 7) is 2.31. The van der Waals surface area contributed by atoms with Crippen molar-refractivity contribution in [3.05, 3.63) is 29.0 Å². The number of pyridine rings is 1. The van der Waals surface area contributed by atoms with E-state index in [4.69, 9.17) is 17.3 Å². The summed E-state index contributed by atoms with van der Waals surface area (Å²) in [4.78, 5) is 4.68. The van der Waals surface area contributed by atoms with Gasteiger partial charge in [-0.25, -0.2) is 4.98 Å². The summed E-state index contributed by atoms with van der Waals surface area (Å²) in [6.07, 6.45) is 6.90. The summed E-state index contributed by atoms with van der Waals surface area (Å²) in [7, 11) is 0. The Balaban J connectivity index is 2.06. The lowest BCUT2D eigenvalue weighted by Crippen LogP contribution is -2.13. The van der Waals surface area contributed by atoms with Crippen molar-refractivity contribution in [1.82, 2.24) is 9.38 Å². The smallest absolute Gasteiger partial charge is 0.157 e. The zero-order valence-corrected chi connectivity index (χ0v) is 11.3. The van der Waals surface area contributed by atoms with Crippen molar-refractivity contribution >= 4 is 23.1 Å². The predicted molar refractivity (Wildman–Crippen MR) is 75.0 cm³/mol. The van der Waals surface area contributed by atoms with Gasteiger partial charge in [0.25, 0.3) is 0 Å². The second-order valence-electron chi connectivity index (χ2n) is 5.40. The number of anilines is 1.